The summed E-state index contributed by atoms with van der Waals surface area (Å²) in [4.78, 5) is 16.2. The van der Waals surface area contributed by atoms with E-state index in [4.69, 9.17) is 10.5 Å². The Hall–Kier alpha value is -2.29. The first-order chi connectivity index (χ1) is 12.0. The van der Waals surface area contributed by atoms with Crippen molar-refractivity contribution >= 4 is 41.5 Å². The number of carbonyl (C=O) groups excluding carboxylic acids is 1. The molecule has 2 rings (SSSR count). The molecule has 2 aromatic rings. The molecule has 0 fully saturated rings. The smallest absolute Gasteiger partial charge is 0.251 e. The fourth-order valence-corrected chi connectivity index (χ4v) is 2.42. The zero-order valence-electron chi connectivity index (χ0n) is 15.2. The van der Waals surface area contributed by atoms with E-state index in [9.17, 15) is 4.79 Å². The lowest BCUT2D eigenvalue weighted by atomic mass is 10.1. The number of rotatable bonds is 6. The molecule has 0 saturated carbocycles. The highest BCUT2D eigenvalue weighted by atomic mass is 127. The molecular weight excluding hydrogens is 443 g/mol. The summed E-state index contributed by atoms with van der Waals surface area (Å²) in [6.07, 6.45) is 0. The lowest BCUT2D eigenvalue weighted by molar-refractivity contribution is 0.0955. The first-order valence-electron chi connectivity index (χ1n) is 8.05. The number of nitrogens with zero attached hydrogens (tertiary/aromatic N) is 1. The number of aliphatic imine (C=N–C) groups is 1. The van der Waals surface area contributed by atoms with Gasteiger partial charge in [-0.15, -0.1) is 24.0 Å². The van der Waals surface area contributed by atoms with E-state index in [0.717, 1.165) is 16.8 Å². The molecule has 0 unspecified atom stereocenters. The molecule has 0 aliphatic carbocycles. The van der Waals surface area contributed by atoms with E-state index in [2.05, 4.69) is 21.7 Å². The molecule has 0 radical (unpaired) electrons. The maximum Gasteiger partial charge on any atom is 0.251 e. The molecule has 0 bridgehead atoms. The van der Waals surface area contributed by atoms with Gasteiger partial charge in [0.05, 0.1) is 13.7 Å². The number of nitrogens with two attached hydrogens (primary N) is 1. The van der Waals surface area contributed by atoms with Crippen LogP contribution in [0, 0.1) is 13.8 Å². The van der Waals surface area contributed by atoms with Crippen LogP contribution < -0.4 is 21.1 Å². The molecule has 0 atom stereocenters. The van der Waals surface area contributed by atoms with Crippen molar-refractivity contribution < 1.29 is 9.53 Å². The minimum Gasteiger partial charge on any atom is -0.497 e. The SMILES string of the molecule is COc1ccc(C(=O)NCCN=C(N)Nc2cc(C)cc(C)c2)cc1.I. The maximum absolute atomic E-state index is 12.0. The van der Waals surface area contributed by atoms with Gasteiger partial charge in [-0.25, -0.2) is 0 Å². The third kappa shape index (κ3) is 6.91. The van der Waals surface area contributed by atoms with E-state index < -0.39 is 0 Å². The van der Waals surface area contributed by atoms with Gasteiger partial charge in [0, 0.05) is 17.8 Å². The van der Waals surface area contributed by atoms with Crippen molar-refractivity contribution in [1.29, 1.82) is 0 Å². The number of ether oxygens (including phenoxy) is 1. The fourth-order valence-electron chi connectivity index (χ4n) is 2.42. The standard InChI is InChI=1S/C19H24N4O2.HI/c1-13-10-14(2)12-16(11-13)23-19(20)22-9-8-21-18(24)15-4-6-17(25-3)7-5-15;/h4-7,10-12H,8-9H2,1-3H3,(H,21,24)(H3,20,22,23);1H. The number of methoxy groups -OCH3 is 1. The zero-order valence-corrected chi connectivity index (χ0v) is 17.5. The van der Waals surface area contributed by atoms with Crippen molar-refractivity contribution in [2.45, 2.75) is 13.8 Å². The van der Waals surface area contributed by atoms with Crippen LogP contribution in [0.3, 0.4) is 0 Å². The predicted octanol–water partition coefficient (Wildman–Crippen LogP) is 3.09. The second kappa shape index (κ2) is 10.6. The van der Waals surface area contributed by atoms with Crippen molar-refractivity contribution in [3.8, 4) is 5.75 Å². The molecule has 26 heavy (non-hydrogen) atoms. The minimum absolute atomic E-state index is 0. The van der Waals surface area contributed by atoms with Crippen LogP contribution in [0.5, 0.6) is 5.75 Å². The number of aryl methyl sites for hydroxylation is 2. The zero-order chi connectivity index (χ0) is 18.2. The molecule has 6 nitrogen and oxygen atoms in total. The molecule has 0 aromatic heterocycles. The summed E-state index contributed by atoms with van der Waals surface area (Å²) in [5, 5.41) is 5.86. The summed E-state index contributed by atoms with van der Waals surface area (Å²) in [5.74, 6) is 0.883. The minimum atomic E-state index is -0.154. The first-order valence-corrected chi connectivity index (χ1v) is 8.05. The molecule has 2 aromatic carbocycles. The number of benzene rings is 2. The van der Waals surface area contributed by atoms with Crippen molar-refractivity contribution in [3.05, 3.63) is 59.2 Å². The lowest BCUT2D eigenvalue weighted by Gasteiger charge is -2.08. The summed E-state index contributed by atoms with van der Waals surface area (Å²) in [6, 6.07) is 13.0. The normalized spacial score (nSPS) is 10.7. The second-order valence-electron chi connectivity index (χ2n) is 5.75. The van der Waals surface area contributed by atoms with Gasteiger partial charge in [0.1, 0.15) is 5.75 Å². The highest BCUT2D eigenvalue weighted by molar-refractivity contribution is 14.0. The average molecular weight is 468 g/mol. The largest absolute Gasteiger partial charge is 0.497 e. The monoisotopic (exact) mass is 468 g/mol. The van der Waals surface area contributed by atoms with Crippen molar-refractivity contribution in [2.24, 2.45) is 10.7 Å². The van der Waals surface area contributed by atoms with Gasteiger partial charge >= 0.3 is 0 Å². The van der Waals surface area contributed by atoms with E-state index in [1.165, 1.54) is 0 Å². The molecule has 4 N–H and O–H groups in total. The number of hydrogen-bond acceptors (Lipinski definition) is 3. The maximum atomic E-state index is 12.0. The number of carbonyl (C=O) groups is 1. The van der Waals surface area contributed by atoms with E-state index in [-0.39, 0.29) is 29.9 Å². The van der Waals surface area contributed by atoms with E-state index in [1.807, 2.05) is 26.0 Å². The third-order valence-electron chi connectivity index (χ3n) is 3.53. The van der Waals surface area contributed by atoms with E-state index in [1.54, 1.807) is 31.4 Å². The Kier molecular flexibility index (Phi) is 8.91. The van der Waals surface area contributed by atoms with Gasteiger partial charge in [0.15, 0.2) is 5.96 Å². The Bertz CT molecular complexity index is 740. The van der Waals surface area contributed by atoms with Gasteiger partial charge in [-0.3, -0.25) is 9.79 Å². The molecule has 1 amide bonds. The van der Waals surface area contributed by atoms with Crippen LogP contribution in [0.4, 0.5) is 5.69 Å². The Morgan fingerprint density at radius 2 is 1.73 bits per heavy atom. The Morgan fingerprint density at radius 3 is 2.31 bits per heavy atom. The molecular formula is C19H25IN4O2. The molecule has 0 aliphatic heterocycles. The van der Waals surface area contributed by atoms with E-state index >= 15 is 0 Å². The molecule has 7 heteroatoms. The van der Waals surface area contributed by atoms with Crippen LogP contribution >= 0.6 is 24.0 Å². The van der Waals surface area contributed by atoms with Gasteiger partial charge in [0.2, 0.25) is 0 Å². The van der Waals surface area contributed by atoms with Crippen LogP contribution in [0.2, 0.25) is 0 Å². The van der Waals surface area contributed by atoms with Gasteiger partial charge in [-0.1, -0.05) is 6.07 Å². The Morgan fingerprint density at radius 1 is 1.12 bits per heavy atom. The highest BCUT2D eigenvalue weighted by Crippen LogP contribution is 2.13. The topological polar surface area (TPSA) is 88.7 Å². The average Bonchev–Trinajstić information content (AvgIpc) is 2.57. The van der Waals surface area contributed by atoms with Crippen molar-refractivity contribution in [1.82, 2.24) is 5.32 Å². The van der Waals surface area contributed by atoms with E-state index in [0.29, 0.717) is 30.4 Å². The summed E-state index contributed by atoms with van der Waals surface area (Å²) < 4.78 is 5.07. The molecule has 140 valence electrons. The number of nitrogens with one attached hydrogen (secondary N) is 2. The predicted molar refractivity (Wildman–Crippen MR) is 117 cm³/mol. The molecule has 0 spiro atoms. The van der Waals surface area contributed by atoms with Crippen LogP contribution in [0.1, 0.15) is 21.5 Å². The summed E-state index contributed by atoms with van der Waals surface area (Å²) in [5.41, 5.74) is 9.67. The van der Waals surface area contributed by atoms with Crippen LogP contribution in [-0.4, -0.2) is 32.1 Å². The number of halogens is 1. The molecule has 0 aliphatic rings. The first kappa shape index (κ1) is 21.8. The van der Waals surface area contributed by atoms with Gasteiger partial charge < -0.3 is 21.1 Å². The van der Waals surface area contributed by atoms with Crippen molar-refractivity contribution in [3.63, 3.8) is 0 Å². The van der Waals surface area contributed by atoms with Gasteiger partial charge in [-0.2, -0.15) is 0 Å². The number of anilines is 1. The summed E-state index contributed by atoms with van der Waals surface area (Å²) in [6.45, 7) is 4.85. The summed E-state index contributed by atoms with van der Waals surface area (Å²) in [7, 11) is 1.59. The third-order valence-corrected chi connectivity index (χ3v) is 3.53. The Balaban J connectivity index is 0.00000338. The highest BCUT2D eigenvalue weighted by Gasteiger charge is 2.04. The fraction of sp³-hybridized carbons (Fsp3) is 0.263. The van der Waals surface area contributed by atoms with Gasteiger partial charge in [0.25, 0.3) is 5.91 Å². The molecule has 0 heterocycles. The number of hydrogen-bond donors (Lipinski definition) is 3. The lowest BCUT2D eigenvalue weighted by Crippen LogP contribution is -2.28. The second-order valence-corrected chi connectivity index (χ2v) is 5.75. The van der Waals surface area contributed by atoms with Crippen LogP contribution in [0.25, 0.3) is 0 Å². The van der Waals surface area contributed by atoms with Gasteiger partial charge in [-0.05, 0) is 61.4 Å². The molecule has 0 saturated heterocycles. The quantitative estimate of drug-likeness (QED) is 0.263. The summed E-state index contributed by atoms with van der Waals surface area (Å²) >= 11 is 0. The van der Waals surface area contributed by atoms with Crippen molar-refractivity contribution in [2.75, 3.05) is 25.5 Å². The van der Waals surface area contributed by atoms with Crippen LogP contribution in [0.15, 0.2) is 47.5 Å². The number of guanidine groups is 1. The number of amides is 1. The Labute approximate surface area is 171 Å². The van der Waals surface area contributed by atoms with Crippen LogP contribution in [-0.2, 0) is 0 Å².